The fourth-order valence-corrected chi connectivity index (χ4v) is 2.80. The Bertz CT molecular complexity index is 509. The van der Waals surface area contributed by atoms with Crippen LogP contribution in [0.25, 0.3) is 0 Å². The van der Waals surface area contributed by atoms with Crippen molar-refractivity contribution in [2.75, 3.05) is 0 Å². The molecule has 17 heavy (non-hydrogen) atoms. The first-order chi connectivity index (χ1) is 8.09. The lowest BCUT2D eigenvalue weighted by atomic mass is 10.1. The zero-order valence-corrected chi connectivity index (χ0v) is 10.6. The van der Waals surface area contributed by atoms with Crippen molar-refractivity contribution in [1.82, 2.24) is 4.83 Å². The molecule has 0 aromatic heterocycles. The summed E-state index contributed by atoms with van der Waals surface area (Å²) in [4.78, 5) is 2.55. The molecule has 1 atom stereocenters. The topological polar surface area (TPSA) is 58.5 Å². The second-order valence-corrected chi connectivity index (χ2v) is 5.97. The molecule has 0 bridgehead atoms. The van der Waals surface area contributed by atoms with Gasteiger partial charge in [0, 0.05) is 5.71 Å². The number of nitrogens with one attached hydrogen (secondary N) is 1. The molecule has 2 rings (SSSR count). The Kier molecular flexibility index (Phi) is 3.47. The van der Waals surface area contributed by atoms with Gasteiger partial charge in [-0.2, -0.15) is 13.5 Å². The number of sulfonamides is 1. The van der Waals surface area contributed by atoms with Crippen molar-refractivity contribution in [3.63, 3.8) is 0 Å². The van der Waals surface area contributed by atoms with Gasteiger partial charge in [-0.05, 0) is 37.3 Å². The number of benzene rings is 1. The van der Waals surface area contributed by atoms with E-state index >= 15 is 0 Å². The van der Waals surface area contributed by atoms with E-state index in [1.807, 2.05) is 0 Å². The third-order valence-electron chi connectivity index (χ3n) is 3.00. The molecule has 0 radical (unpaired) electrons. The molecule has 1 aliphatic rings. The number of hydrazone groups is 1. The van der Waals surface area contributed by atoms with Gasteiger partial charge < -0.3 is 0 Å². The molecule has 1 aromatic carbocycles. The molecule has 5 heteroatoms. The summed E-state index contributed by atoms with van der Waals surface area (Å²) in [7, 11) is -3.51. The maximum absolute atomic E-state index is 11.9. The van der Waals surface area contributed by atoms with Gasteiger partial charge >= 0.3 is 0 Å². The zero-order valence-electron chi connectivity index (χ0n) is 9.76. The molecule has 0 amide bonds. The Morgan fingerprint density at radius 1 is 1.29 bits per heavy atom. The van der Waals surface area contributed by atoms with Crippen LogP contribution in [0.2, 0.25) is 0 Å². The molecule has 0 heterocycles. The van der Waals surface area contributed by atoms with E-state index in [2.05, 4.69) is 16.9 Å². The molecule has 1 aliphatic carbocycles. The van der Waals surface area contributed by atoms with Crippen molar-refractivity contribution in [2.24, 2.45) is 11.0 Å². The largest absolute Gasteiger partial charge is 0.276 e. The van der Waals surface area contributed by atoms with Gasteiger partial charge in [-0.15, -0.1) is 0 Å². The summed E-state index contributed by atoms with van der Waals surface area (Å²) < 4.78 is 23.8. The molecular weight excluding hydrogens is 236 g/mol. The van der Waals surface area contributed by atoms with E-state index in [-0.39, 0.29) is 4.90 Å². The van der Waals surface area contributed by atoms with E-state index in [9.17, 15) is 8.42 Å². The number of hydrogen-bond donors (Lipinski definition) is 1. The Labute approximate surface area is 102 Å². The van der Waals surface area contributed by atoms with E-state index in [0.29, 0.717) is 5.92 Å². The molecule has 0 aliphatic heterocycles. The van der Waals surface area contributed by atoms with E-state index in [0.717, 1.165) is 25.0 Å². The fourth-order valence-electron chi connectivity index (χ4n) is 1.94. The maximum Gasteiger partial charge on any atom is 0.276 e. The van der Waals surface area contributed by atoms with Crippen molar-refractivity contribution in [3.05, 3.63) is 30.3 Å². The molecule has 1 saturated carbocycles. The minimum Gasteiger partial charge on any atom is -0.200 e. The normalized spacial score (nSPS) is 22.9. The van der Waals surface area contributed by atoms with Gasteiger partial charge in [0.1, 0.15) is 0 Å². The summed E-state index contributed by atoms with van der Waals surface area (Å²) in [6, 6.07) is 8.28. The van der Waals surface area contributed by atoms with Gasteiger partial charge in [0.15, 0.2) is 0 Å². The van der Waals surface area contributed by atoms with Gasteiger partial charge in [0.25, 0.3) is 10.0 Å². The Balaban J connectivity index is 2.14. The summed E-state index contributed by atoms with van der Waals surface area (Å²) in [6.07, 6.45) is 3.07. The standard InChI is InChI=1S/C12H16N2O2S/c1-10-6-5-9-12(10)13-14-17(15,16)11-7-3-2-4-8-11/h2-4,7-8,10,14H,5-6,9H2,1H3/b13-12-/t10-/m0/s1. The SMILES string of the molecule is C[C@H]1CCC/C1=N/NS(=O)(=O)c1ccccc1. The minimum absolute atomic E-state index is 0.245. The van der Waals surface area contributed by atoms with Gasteiger partial charge in [0.2, 0.25) is 0 Å². The van der Waals surface area contributed by atoms with Gasteiger partial charge in [-0.3, -0.25) is 0 Å². The average Bonchev–Trinajstić information content (AvgIpc) is 2.74. The number of nitrogens with zero attached hydrogens (tertiary/aromatic N) is 1. The molecule has 4 nitrogen and oxygen atoms in total. The first-order valence-corrected chi connectivity index (χ1v) is 7.21. The van der Waals surface area contributed by atoms with E-state index in [1.165, 1.54) is 0 Å². The van der Waals surface area contributed by atoms with Crippen LogP contribution in [-0.2, 0) is 10.0 Å². The first-order valence-electron chi connectivity index (χ1n) is 5.73. The van der Waals surface area contributed by atoms with Crippen molar-refractivity contribution in [2.45, 2.75) is 31.1 Å². The second-order valence-electron chi connectivity index (χ2n) is 4.30. The van der Waals surface area contributed by atoms with Crippen LogP contribution in [0.5, 0.6) is 0 Å². The second kappa shape index (κ2) is 4.87. The van der Waals surface area contributed by atoms with Gasteiger partial charge in [-0.25, -0.2) is 4.83 Å². The summed E-state index contributed by atoms with van der Waals surface area (Å²) in [5.41, 5.74) is 0.949. The van der Waals surface area contributed by atoms with E-state index in [4.69, 9.17) is 0 Å². The predicted octanol–water partition coefficient (Wildman–Crippen LogP) is 2.14. The lowest BCUT2D eigenvalue weighted by Crippen LogP contribution is -2.20. The molecular formula is C12H16N2O2S. The van der Waals surface area contributed by atoms with Crippen LogP contribution < -0.4 is 4.83 Å². The highest BCUT2D eigenvalue weighted by Crippen LogP contribution is 2.21. The van der Waals surface area contributed by atoms with Crippen LogP contribution in [-0.4, -0.2) is 14.1 Å². The van der Waals surface area contributed by atoms with Crippen molar-refractivity contribution in [3.8, 4) is 0 Å². The minimum atomic E-state index is -3.51. The van der Waals surface area contributed by atoms with Crippen molar-refractivity contribution >= 4 is 15.7 Å². The third-order valence-corrected chi connectivity index (χ3v) is 4.23. The smallest absolute Gasteiger partial charge is 0.200 e. The average molecular weight is 252 g/mol. The van der Waals surface area contributed by atoms with Crippen LogP contribution in [0.1, 0.15) is 26.2 Å². The quantitative estimate of drug-likeness (QED) is 0.838. The van der Waals surface area contributed by atoms with Crippen LogP contribution in [0.15, 0.2) is 40.3 Å². The number of hydrogen-bond acceptors (Lipinski definition) is 3. The van der Waals surface area contributed by atoms with E-state index < -0.39 is 10.0 Å². The highest BCUT2D eigenvalue weighted by molar-refractivity contribution is 7.89. The monoisotopic (exact) mass is 252 g/mol. The molecule has 0 unspecified atom stereocenters. The van der Waals surface area contributed by atoms with Crippen molar-refractivity contribution in [1.29, 1.82) is 0 Å². The predicted molar refractivity (Wildman–Crippen MR) is 67.2 cm³/mol. The third kappa shape index (κ3) is 2.85. The van der Waals surface area contributed by atoms with E-state index in [1.54, 1.807) is 30.3 Å². The summed E-state index contributed by atoms with van der Waals surface area (Å²) in [6.45, 7) is 2.07. The lowest BCUT2D eigenvalue weighted by molar-refractivity contribution is 0.584. The molecule has 92 valence electrons. The molecule has 0 spiro atoms. The van der Waals surface area contributed by atoms with Gasteiger partial charge in [0.05, 0.1) is 4.90 Å². The Morgan fingerprint density at radius 3 is 2.59 bits per heavy atom. The summed E-state index contributed by atoms with van der Waals surface area (Å²) in [5.74, 6) is 0.383. The number of rotatable bonds is 3. The molecule has 1 aromatic rings. The molecule has 0 saturated heterocycles. The Hall–Kier alpha value is -1.36. The van der Waals surface area contributed by atoms with Crippen LogP contribution in [0, 0.1) is 5.92 Å². The molecule has 1 fully saturated rings. The lowest BCUT2D eigenvalue weighted by Gasteiger charge is -2.06. The maximum atomic E-state index is 11.9. The summed E-state index contributed by atoms with van der Waals surface area (Å²) in [5, 5.41) is 4.03. The first kappa shape index (κ1) is 12.1. The van der Waals surface area contributed by atoms with Crippen molar-refractivity contribution < 1.29 is 8.42 Å². The fraction of sp³-hybridized carbons (Fsp3) is 0.417. The zero-order chi connectivity index (χ0) is 12.3. The summed E-state index contributed by atoms with van der Waals surface area (Å²) >= 11 is 0. The Morgan fingerprint density at radius 2 is 2.00 bits per heavy atom. The van der Waals surface area contributed by atoms with Crippen LogP contribution >= 0.6 is 0 Å². The molecule has 1 N–H and O–H groups in total. The highest BCUT2D eigenvalue weighted by Gasteiger charge is 2.19. The highest BCUT2D eigenvalue weighted by atomic mass is 32.2. The van der Waals surface area contributed by atoms with Gasteiger partial charge in [-0.1, -0.05) is 25.1 Å². The van der Waals surface area contributed by atoms with Crippen LogP contribution in [0.3, 0.4) is 0 Å². The van der Waals surface area contributed by atoms with Crippen LogP contribution in [0.4, 0.5) is 0 Å².